The fraction of sp³-hybridized carbons (Fsp3) is 0.364. The highest BCUT2D eigenvalue weighted by Gasteiger charge is 2.22. The number of hydrogen-bond acceptors (Lipinski definition) is 4. The van der Waals surface area contributed by atoms with Gasteiger partial charge in [0.25, 0.3) is 11.6 Å². The molecule has 104 valence electrons. The number of likely N-dealkylation sites (N-methyl/N-ethyl adjacent to an activating group) is 1. The molecule has 8 heteroatoms. The molecule has 1 aromatic carbocycles. The van der Waals surface area contributed by atoms with Gasteiger partial charge in [-0.2, -0.15) is 0 Å². The highest BCUT2D eigenvalue weighted by atomic mass is 79.9. The zero-order chi connectivity index (χ0) is 14.6. The molecule has 1 atom stereocenters. The summed E-state index contributed by atoms with van der Waals surface area (Å²) in [7, 11) is 1.74. The highest BCUT2D eigenvalue weighted by Crippen LogP contribution is 2.29. The van der Waals surface area contributed by atoms with E-state index < -0.39 is 22.3 Å². The number of nitrogens with zero attached hydrogens (tertiary/aromatic N) is 1. The number of carbonyl (C=O) groups excluding carboxylic acids is 1. The van der Waals surface area contributed by atoms with Gasteiger partial charge in [-0.3, -0.25) is 14.9 Å². The predicted molar refractivity (Wildman–Crippen MR) is 71.6 cm³/mol. The highest BCUT2D eigenvalue weighted by molar-refractivity contribution is 9.10. The third-order valence-corrected chi connectivity index (χ3v) is 3.35. The second-order valence-corrected chi connectivity index (χ2v) is 4.74. The Morgan fingerprint density at radius 1 is 1.58 bits per heavy atom. The molecule has 19 heavy (non-hydrogen) atoms. The predicted octanol–water partition coefficient (Wildman–Crippen LogP) is 1.83. The van der Waals surface area contributed by atoms with Crippen molar-refractivity contribution in [2.45, 2.75) is 13.0 Å². The molecule has 0 aliphatic heterocycles. The first-order valence-corrected chi connectivity index (χ1v) is 6.25. The maximum atomic E-state index is 13.3. The molecular formula is C11H13BrFN3O3. The summed E-state index contributed by atoms with van der Waals surface area (Å²) in [5.74, 6) is -1.40. The fourth-order valence-corrected chi connectivity index (χ4v) is 1.87. The number of carbonyl (C=O) groups is 1. The Kier molecular flexibility index (Phi) is 5.37. The van der Waals surface area contributed by atoms with Crippen molar-refractivity contribution < 1.29 is 14.1 Å². The van der Waals surface area contributed by atoms with E-state index in [2.05, 4.69) is 26.6 Å². The van der Waals surface area contributed by atoms with Crippen molar-refractivity contribution >= 4 is 27.5 Å². The van der Waals surface area contributed by atoms with Crippen molar-refractivity contribution in [3.05, 3.63) is 38.1 Å². The molecule has 0 aliphatic rings. The van der Waals surface area contributed by atoms with Crippen LogP contribution in [-0.4, -0.2) is 30.5 Å². The zero-order valence-corrected chi connectivity index (χ0v) is 12.0. The molecule has 0 aliphatic carbocycles. The first-order valence-electron chi connectivity index (χ1n) is 5.45. The molecule has 0 saturated heterocycles. The number of nitro groups is 1. The maximum absolute atomic E-state index is 13.3. The van der Waals surface area contributed by atoms with Gasteiger partial charge in [-0.25, -0.2) is 4.39 Å². The van der Waals surface area contributed by atoms with E-state index in [1.807, 2.05) is 6.92 Å². The van der Waals surface area contributed by atoms with E-state index in [1.54, 1.807) is 7.05 Å². The van der Waals surface area contributed by atoms with Crippen LogP contribution in [0.1, 0.15) is 17.3 Å². The summed E-state index contributed by atoms with van der Waals surface area (Å²) in [5.41, 5.74) is -0.582. The summed E-state index contributed by atoms with van der Waals surface area (Å²) in [6.07, 6.45) is 0. The lowest BCUT2D eigenvalue weighted by Crippen LogP contribution is -2.37. The summed E-state index contributed by atoms with van der Waals surface area (Å²) in [5, 5.41) is 16.2. The van der Waals surface area contributed by atoms with Crippen molar-refractivity contribution in [2.24, 2.45) is 0 Å². The average molecular weight is 334 g/mol. The van der Waals surface area contributed by atoms with Gasteiger partial charge in [-0.1, -0.05) is 0 Å². The number of nitro benzene ring substituents is 1. The second kappa shape index (κ2) is 6.58. The summed E-state index contributed by atoms with van der Waals surface area (Å²) in [6.45, 7) is 2.18. The SMILES string of the molecule is CNC(C)CNC(=O)c1cc(F)cc([N+](=O)[O-])c1Br. The minimum absolute atomic E-state index is 0.0336. The van der Waals surface area contributed by atoms with Gasteiger partial charge in [-0.15, -0.1) is 0 Å². The average Bonchev–Trinajstić information content (AvgIpc) is 2.37. The van der Waals surface area contributed by atoms with Crippen LogP contribution < -0.4 is 10.6 Å². The zero-order valence-electron chi connectivity index (χ0n) is 10.4. The minimum Gasteiger partial charge on any atom is -0.350 e. The standard InChI is InChI=1S/C11H13BrFN3O3/c1-6(14-2)5-15-11(17)8-3-7(13)4-9(10(8)12)16(18)19/h3-4,6,14H,5H2,1-2H3,(H,15,17). The van der Waals surface area contributed by atoms with E-state index in [0.717, 1.165) is 12.1 Å². The van der Waals surface area contributed by atoms with E-state index in [0.29, 0.717) is 6.54 Å². The number of rotatable bonds is 5. The largest absolute Gasteiger partial charge is 0.350 e. The molecule has 6 nitrogen and oxygen atoms in total. The molecule has 0 aromatic heterocycles. The number of nitrogens with one attached hydrogen (secondary N) is 2. The molecule has 0 bridgehead atoms. The molecule has 1 amide bonds. The van der Waals surface area contributed by atoms with Crippen LogP contribution in [0.15, 0.2) is 16.6 Å². The summed E-state index contributed by atoms with van der Waals surface area (Å²) < 4.78 is 13.2. The third kappa shape index (κ3) is 3.97. The van der Waals surface area contributed by atoms with Gasteiger partial charge in [-0.05, 0) is 36.0 Å². The van der Waals surface area contributed by atoms with Crippen LogP contribution in [-0.2, 0) is 0 Å². The Labute approximate surface area is 117 Å². The maximum Gasteiger partial charge on any atom is 0.287 e. The first kappa shape index (κ1) is 15.5. The van der Waals surface area contributed by atoms with E-state index in [4.69, 9.17) is 0 Å². The summed E-state index contributed by atoms with van der Waals surface area (Å²) in [4.78, 5) is 21.8. The minimum atomic E-state index is -0.832. The monoisotopic (exact) mass is 333 g/mol. The van der Waals surface area contributed by atoms with E-state index in [-0.39, 0.29) is 16.1 Å². The Hall–Kier alpha value is -1.54. The van der Waals surface area contributed by atoms with Crippen LogP contribution in [0.4, 0.5) is 10.1 Å². The van der Waals surface area contributed by atoms with Crippen LogP contribution >= 0.6 is 15.9 Å². The van der Waals surface area contributed by atoms with Crippen LogP contribution in [0.3, 0.4) is 0 Å². The van der Waals surface area contributed by atoms with Gasteiger partial charge in [0.15, 0.2) is 0 Å². The second-order valence-electron chi connectivity index (χ2n) is 3.94. The molecule has 0 fully saturated rings. The van der Waals surface area contributed by atoms with Crippen molar-refractivity contribution in [3.8, 4) is 0 Å². The Balaban J connectivity index is 3.00. The molecule has 1 rings (SSSR count). The van der Waals surface area contributed by atoms with Crippen molar-refractivity contribution in [1.82, 2.24) is 10.6 Å². The lowest BCUT2D eigenvalue weighted by Gasteiger charge is -2.12. The molecule has 1 unspecified atom stereocenters. The smallest absolute Gasteiger partial charge is 0.287 e. The van der Waals surface area contributed by atoms with Gasteiger partial charge < -0.3 is 10.6 Å². The molecule has 0 radical (unpaired) electrons. The van der Waals surface area contributed by atoms with Crippen molar-refractivity contribution in [2.75, 3.05) is 13.6 Å². The van der Waals surface area contributed by atoms with Gasteiger partial charge in [0.05, 0.1) is 16.6 Å². The van der Waals surface area contributed by atoms with Gasteiger partial charge in [0, 0.05) is 12.6 Å². The van der Waals surface area contributed by atoms with E-state index >= 15 is 0 Å². The third-order valence-electron chi connectivity index (χ3n) is 2.52. The summed E-state index contributed by atoms with van der Waals surface area (Å²) >= 11 is 2.96. The van der Waals surface area contributed by atoms with Crippen molar-refractivity contribution in [1.29, 1.82) is 0 Å². The van der Waals surface area contributed by atoms with Crippen LogP contribution in [0.25, 0.3) is 0 Å². The summed E-state index contributed by atoms with van der Waals surface area (Å²) in [6, 6.07) is 1.75. The van der Waals surface area contributed by atoms with Gasteiger partial charge in [0.1, 0.15) is 10.3 Å². The topological polar surface area (TPSA) is 84.3 Å². The molecular weight excluding hydrogens is 321 g/mol. The first-order chi connectivity index (χ1) is 8.86. The van der Waals surface area contributed by atoms with Crippen LogP contribution in [0.2, 0.25) is 0 Å². The normalized spacial score (nSPS) is 12.0. The number of hydrogen-bond donors (Lipinski definition) is 2. The number of halogens is 2. The van der Waals surface area contributed by atoms with Crippen LogP contribution in [0, 0.1) is 15.9 Å². The molecule has 2 N–H and O–H groups in total. The van der Waals surface area contributed by atoms with Crippen LogP contribution in [0.5, 0.6) is 0 Å². The molecule has 0 spiro atoms. The number of amides is 1. The van der Waals surface area contributed by atoms with Crippen molar-refractivity contribution in [3.63, 3.8) is 0 Å². The number of benzene rings is 1. The Bertz CT molecular complexity index is 510. The van der Waals surface area contributed by atoms with Gasteiger partial charge in [0.2, 0.25) is 0 Å². The van der Waals surface area contributed by atoms with E-state index in [1.165, 1.54) is 0 Å². The Morgan fingerprint density at radius 2 is 2.21 bits per heavy atom. The molecule has 0 heterocycles. The Morgan fingerprint density at radius 3 is 2.74 bits per heavy atom. The quantitative estimate of drug-likeness (QED) is 0.636. The lowest BCUT2D eigenvalue weighted by molar-refractivity contribution is -0.385. The van der Waals surface area contributed by atoms with E-state index in [9.17, 15) is 19.3 Å². The molecule has 0 saturated carbocycles. The fourth-order valence-electron chi connectivity index (χ4n) is 1.32. The lowest BCUT2D eigenvalue weighted by atomic mass is 10.1. The van der Waals surface area contributed by atoms with Gasteiger partial charge >= 0.3 is 0 Å². The molecule has 1 aromatic rings.